The predicted molar refractivity (Wildman–Crippen MR) is 99.2 cm³/mol. The monoisotopic (exact) mass is 390 g/mol. The molecule has 2 heterocycles. The molecule has 4 atom stereocenters. The lowest BCUT2D eigenvalue weighted by Gasteiger charge is -2.30. The summed E-state index contributed by atoms with van der Waals surface area (Å²) in [5, 5.41) is 2.55. The predicted octanol–water partition coefficient (Wildman–Crippen LogP) is 1.48. The van der Waals surface area contributed by atoms with Crippen molar-refractivity contribution >= 4 is 18.0 Å². The molecule has 152 valence electrons. The van der Waals surface area contributed by atoms with Gasteiger partial charge in [-0.25, -0.2) is 9.59 Å². The van der Waals surface area contributed by atoms with Crippen molar-refractivity contribution in [3.05, 3.63) is 35.9 Å². The minimum Gasteiger partial charge on any atom is -0.464 e. The molecule has 2 saturated heterocycles. The fourth-order valence-electron chi connectivity index (χ4n) is 3.74. The smallest absolute Gasteiger partial charge is 0.408 e. The maximum absolute atomic E-state index is 13.0. The molecule has 2 aliphatic heterocycles. The molecule has 0 aliphatic carbocycles. The number of hydrogen-bond donors (Lipinski definition) is 1. The van der Waals surface area contributed by atoms with E-state index in [0.29, 0.717) is 19.6 Å². The lowest BCUT2D eigenvalue weighted by Crippen LogP contribution is -2.54. The van der Waals surface area contributed by atoms with E-state index in [1.165, 1.54) is 4.90 Å². The van der Waals surface area contributed by atoms with Gasteiger partial charge in [0.05, 0.1) is 25.9 Å². The van der Waals surface area contributed by atoms with Crippen molar-refractivity contribution in [2.45, 2.75) is 45.0 Å². The molecule has 2 amide bonds. The van der Waals surface area contributed by atoms with Crippen LogP contribution in [0.3, 0.4) is 0 Å². The first-order valence-corrected chi connectivity index (χ1v) is 9.55. The van der Waals surface area contributed by atoms with Gasteiger partial charge in [0.2, 0.25) is 5.91 Å². The van der Waals surface area contributed by atoms with Crippen molar-refractivity contribution in [2.24, 2.45) is 5.92 Å². The largest absolute Gasteiger partial charge is 0.464 e. The molecule has 0 radical (unpaired) electrons. The van der Waals surface area contributed by atoms with Crippen molar-refractivity contribution < 1.29 is 28.6 Å². The SMILES string of the molecule is CCOC(=O)[C@H]1CC2COCC2N1C(=O)[C@H](C)NC(=O)OCc1ccccc1. The average molecular weight is 390 g/mol. The first kappa shape index (κ1) is 20.1. The maximum atomic E-state index is 13.0. The summed E-state index contributed by atoms with van der Waals surface area (Å²) < 4.78 is 15.8. The van der Waals surface area contributed by atoms with Gasteiger partial charge in [-0.15, -0.1) is 0 Å². The number of likely N-dealkylation sites (tertiary alicyclic amines) is 1. The van der Waals surface area contributed by atoms with Gasteiger partial charge in [0, 0.05) is 5.92 Å². The Hall–Kier alpha value is -2.61. The van der Waals surface area contributed by atoms with E-state index in [1.54, 1.807) is 13.8 Å². The van der Waals surface area contributed by atoms with Crippen molar-refractivity contribution in [2.75, 3.05) is 19.8 Å². The zero-order chi connectivity index (χ0) is 20.1. The van der Waals surface area contributed by atoms with E-state index >= 15 is 0 Å². The number of benzene rings is 1. The topological polar surface area (TPSA) is 94.2 Å². The normalized spacial score (nSPS) is 24.4. The Balaban J connectivity index is 1.60. The van der Waals surface area contributed by atoms with Gasteiger partial charge < -0.3 is 24.4 Å². The van der Waals surface area contributed by atoms with E-state index < -0.39 is 24.1 Å². The fraction of sp³-hybridized carbons (Fsp3) is 0.550. The van der Waals surface area contributed by atoms with Crippen LogP contribution in [0.1, 0.15) is 25.8 Å². The molecule has 2 aliphatic rings. The molecular weight excluding hydrogens is 364 g/mol. The molecule has 8 heteroatoms. The third kappa shape index (κ3) is 4.44. The summed E-state index contributed by atoms with van der Waals surface area (Å²) in [4.78, 5) is 38.9. The lowest BCUT2D eigenvalue weighted by molar-refractivity contribution is -0.155. The Labute approximate surface area is 164 Å². The van der Waals surface area contributed by atoms with Crippen molar-refractivity contribution in [3.8, 4) is 0 Å². The highest BCUT2D eigenvalue weighted by atomic mass is 16.5. The number of carbonyl (C=O) groups is 3. The number of amides is 2. The fourth-order valence-corrected chi connectivity index (χ4v) is 3.74. The number of rotatable bonds is 6. The Kier molecular flexibility index (Phi) is 6.51. The Morgan fingerprint density at radius 2 is 1.96 bits per heavy atom. The highest BCUT2D eigenvalue weighted by molar-refractivity contribution is 5.90. The molecule has 1 aromatic carbocycles. The average Bonchev–Trinajstić information content (AvgIpc) is 3.28. The van der Waals surface area contributed by atoms with Crippen LogP contribution in [0.2, 0.25) is 0 Å². The molecule has 0 spiro atoms. The van der Waals surface area contributed by atoms with Crippen LogP contribution in [-0.2, 0) is 30.4 Å². The molecule has 0 bridgehead atoms. The van der Waals surface area contributed by atoms with Gasteiger partial charge in [-0.2, -0.15) is 0 Å². The molecule has 1 aromatic rings. The summed E-state index contributed by atoms with van der Waals surface area (Å²) in [6, 6.07) is 7.62. The molecule has 1 N–H and O–H groups in total. The zero-order valence-corrected chi connectivity index (χ0v) is 16.1. The third-order valence-electron chi connectivity index (χ3n) is 5.11. The third-order valence-corrected chi connectivity index (χ3v) is 5.11. The molecule has 28 heavy (non-hydrogen) atoms. The van der Waals surface area contributed by atoms with Crippen LogP contribution in [0.15, 0.2) is 30.3 Å². The van der Waals surface area contributed by atoms with Crippen molar-refractivity contribution in [1.82, 2.24) is 10.2 Å². The van der Waals surface area contributed by atoms with Crippen LogP contribution in [0, 0.1) is 5.92 Å². The summed E-state index contributed by atoms with van der Waals surface area (Å²) in [6.45, 7) is 4.58. The van der Waals surface area contributed by atoms with Crippen LogP contribution in [0.25, 0.3) is 0 Å². The number of nitrogens with zero attached hydrogens (tertiary/aromatic N) is 1. The summed E-state index contributed by atoms with van der Waals surface area (Å²) in [7, 11) is 0. The second-order valence-corrected chi connectivity index (χ2v) is 7.04. The highest BCUT2D eigenvalue weighted by Crippen LogP contribution is 2.35. The molecular formula is C20H26N2O6. The molecule has 2 unspecified atom stereocenters. The minimum absolute atomic E-state index is 0.107. The van der Waals surface area contributed by atoms with Crippen LogP contribution in [0.4, 0.5) is 4.79 Å². The summed E-state index contributed by atoms with van der Waals surface area (Å²) in [6.07, 6.45) is -0.170. The summed E-state index contributed by atoms with van der Waals surface area (Å²) >= 11 is 0. The number of carbonyl (C=O) groups excluding carboxylic acids is 3. The number of alkyl carbamates (subject to hydrolysis) is 1. The Morgan fingerprint density at radius 1 is 1.21 bits per heavy atom. The molecule has 3 rings (SSSR count). The van der Waals surface area contributed by atoms with Crippen LogP contribution in [0.5, 0.6) is 0 Å². The lowest BCUT2D eigenvalue weighted by atomic mass is 10.0. The van der Waals surface area contributed by atoms with E-state index in [9.17, 15) is 14.4 Å². The first-order valence-electron chi connectivity index (χ1n) is 9.55. The van der Waals surface area contributed by atoms with Gasteiger partial charge in [-0.3, -0.25) is 4.79 Å². The second kappa shape index (κ2) is 9.05. The molecule has 0 saturated carbocycles. The van der Waals surface area contributed by atoms with Crippen molar-refractivity contribution in [1.29, 1.82) is 0 Å². The number of ether oxygens (including phenoxy) is 3. The van der Waals surface area contributed by atoms with Crippen molar-refractivity contribution in [3.63, 3.8) is 0 Å². The van der Waals surface area contributed by atoms with Gasteiger partial charge in [0.1, 0.15) is 18.7 Å². The zero-order valence-electron chi connectivity index (χ0n) is 16.1. The Morgan fingerprint density at radius 3 is 2.68 bits per heavy atom. The summed E-state index contributed by atoms with van der Waals surface area (Å²) in [5.41, 5.74) is 0.851. The van der Waals surface area contributed by atoms with Gasteiger partial charge in [-0.05, 0) is 25.8 Å². The standard InChI is InChI=1S/C20H26N2O6/c1-3-27-19(24)16-9-15-11-26-12-17(15)22(16)18(23)13(2)21-20(25)28-10-14-7-5-4-6-8-14/h4-8,13,15-17H,3,9-12H2,1-2H3,(H,21,25)/t13-,15?,16+,17?/m0/s1. The number of hydrogen-bond acceptors (Lipinski definition) is 6. The van der Waals surface area contributed by atoms with Gasteiger partial charge >= 0.3 is 12.1 Å². The number of nitrogens with one attached hydrogen (secondary N) is 1. The minimum atomic E-state index is -0.834. The quantitative estimate of drug-likeness (QED) is 0.740. The van der Waals surface area contributed by atoms with Crippen LogP contribution < -0.4 is 5.32 Å². The van der Waals surface area contributed by atoms with Gasteiger partial charge in [0.25, 0.3) is 0 Å². The van der Waals surface area contributed by atoms with E-state index in [-0.39, 0.29) is 31.1 Å². The second-order valence-electron chi connectivity index (χ2n) is 7.04. The highest BCUT2D eigenvalue weighted by Gasteiger charge is 2.50. The first-order chi connectivity index (χ1) is 13.5. The van der Waals surface area contributed by atoms with E-state index in [1.807, 2.05) is 30.3 Å². The summed E-state index contributed by atoms with van der Waals surface area (Å²) in [5.74, 6) is -0.646. The van der Waals surface area contributed by atoms with E-state index in [2.05, 4.69) is 5.32 Å². The van der Waals surface area contributed by atoms with Gasteiger partial charge in [0.15, 0.2) is 0 Å². The molecule has 2 fully saturated rings. The molecule has 8 nitrogen and oxygen atoms in total. The maximum Gasteiger partial charge on any atom is 0.408 e. The van der Waals surface area contributed by atoms with Crippen LogP contribution >= 0.6 is 0 Å². The van der Waals surface area contributed by atoms with Crippen LogP contribution in [-0.4, -0.2) is 60.8 Å². The number of fused-ring (bicyclic) bond motifs is 1. The molecule has 0 aromatic heterocycles. The van der Waals surface area contributed by atoms with Gasteiger partial charge in [-0.1, -0.05) is 30.3 Å². The van der Waals surface area contributed by atoms with E-state index in [0.717, 1.165) is 5.56 Å². The number of esters is 1. The Bertz CT molecular complexity index is 710. The van der Waals surface area contributed by atoms with E-state index in [4.69, 9.17) is 14.2 Å².